The van der Waals surface area contributed by atoms with Crippen LogP contribution >= 0.6 is 0 Å². The molecule has 1 N–H and O–H groups in total. The molecule has 1 saturated heterocycles. The van der Waals surface area contributed by atoms with Crippen molar-refractivity contribution in [1.82, 2.24) is 9.88 Å². The quantitative estimate of drug-likeness (QED) is 0.464. The molecule has 1 aromatic carbocycles. The zero-order valence-electron chi connectivity index (χ0n) is 19.4. The highest BCUT2D eigenvalue weighted by Crippen LogP contribution is 2.34. The molecular weight excluding hydrogens is 452 g/mol. The zero-order chi connectivity index (χ0) is 25.2. The van der Waals surface area contributed by atoms with Crippen molar-refractivity contribution in [1.29, 1.82) is 0 Å². The van der Waals surface area contributed by atoms with E-state index in [1.54, 1.807) is 18.2 Å². The number of benzene rings is 1. The second-order valence-electron chi connectivity index (χ2n) is 7.95. The zero-order valence-corrected chi connectivity index (χ0v) is 19.4. The predicted molar refractivity (Wildman–Crippen MR) is 114 cm³/mol. The second kappa shape index (κ2) is 10.1. The van der Waals surface area contributed by atoms with Crippen LogP contribution in [0.3, 0.4) is 0 Å². The van der Waals surface area contributed by atoms with Gasteiger partial charge >= 0.3 is 23.7 Å². The van der Waals surface area contributed by atoms with E-state index in [-0.39, 0.29) is 12.2 Å². The third kappa shape index (κ3) is 5.45. The van der Waals surface area contributed by atoms with E-state index >= 15 is 0 Å². The third-order valence-corrected chi connectivity index (χ3v) is 5.11. The van der Waals surface area contributed by atoms with Gasteiger partial charge in [-0.05, 0) is 24.6 Å². The third-order valence-electron chi connectivity index (χ3n) is 5.11. The molecule has 0 radical (unpaired) electrons. The number of nitrogens with zero attached hydrogens (tertiary/aromatic N) is 1. The van der Waals surface area contributed by atoms with Crippen LogP contribution in [0.15, 0.2) is 27.4 Å². The lowest BCUT2D eigenvalue weighted by Crippen LogP contribution is -2.64. The molecule has 12 heteroatoms. The molecule has 0 unspecified atom stereocenters. The molecule has 2 aromatic rings. The molecule has 34 heavy (non-hydrogen) atoms. The van der Waals surface area contributed by atoms with Crippen LogP contribution in [0.2, 0.25) is 0 Å². The van der Waals surface area contributed by atoms with Crippen LogP contribution in [0.5, 0.6) is 0 Å². The first kappa shape index (κ1) is 25.0. The van der Waals surface area contributed by atoms with Crippen molar-refractivity contribution in [2.24, 2.45) is 0 Å². The van der Waals surface area contributed by atoms with Gasteiger partial charge in [-0.15, -0.1) is 0 Å². The second-order valence-corrected chi connectivity index (χ2v) is 7.95. The number of amides is 1. The summed E-state index contributed by atoms with van der Waals surface area (Å²) in [6.45, 7) is 6.14. The average Bonchev–Trinajstić information content (AvgIpc) is 3.03. The van der Waals surface area contributed by atoms with Crippen molar-refractivity contribution in [2.75, 3.05) is 6.61 Å². The van der Waals surface area contributed by atoms with Crippen LogP contribution < -0.4 is 11.1 Å². The van der Waals surface area contributed by atoms with Crippen molar-refractivity contribution < 1.29 is 42.5 Å². The van der Waals surface area contributed by atoms with Gasteiger partial charge in [0.1, 0.15) is 18.8 Å². The van der Waals surface area contributed by atoms with Gasteiger partial charge in [-0.3, -0.25) is 19.2 Å². The van der Waals surface area contributed by atoms with Crippen molar-refractivity contribution in [3.63, 3.8) is 0 Å². The maximum absolute atomic E-state index is 12.9. The summed E-state index contributed by atoms with van der Waals surface area (Å²) in [4.78, 5) is 60.2. The van der Waals surface area contributed by atoms with Gasteiger partial charge in [-0.1, -0.05) is 6.07 Å². The molecule has 1 aromatic heterocycles. The van der Waals surface area contributed by atoms with Gasteiger partial charge in [0.25, 0.3) is 0 Å². The van der Waals surface area contributed by atoms with Crippen molar-refractivity contribution in [3.05, 3.63) is 34.3 Å². The highest BCUT2D eigenvalue weighted by Gasteiger charge is 2.52. The number of carbonyl (C=O) groups excluding carboxylic acids is 4. The largest absolute Gasteiger partial charge is 0.463 e. The fraction of sp³-hybridized carbons (Fsp3) is 0.500. The number of esters is 3. The number of hydrogen-bond donors (Lipinski definition) is 1. The molecule has 0 bridgehead atoms. The molecule has 5 atom stereocenters. The van der Waals surface area contributed by atoms with E-state index in [9.17, 15) is 24.0 Å². The normalized spacial score (nSPS) is 24.3. The Bertz CT molecular complexity index is 1170. The summed E-state index contributed by atoms with van der Waals surface area (Å²) in [5, 5.41) is 2.63. The summed E-state index contributed by atoms with van der Waals surface area (Å²) in [5.41, 5.74) is 1.45. The lowest BCUT2D eigenvalue weighted by molar-refractivity contribution is -0.237. The van der Waals surface area contributed by atoms with Crippen LogP contribution in [-0.4, -0.2) is 59.3 Å². The summed E-state index contributed by atoms with van der Waals surface area (Å²) in [5.74, 6) is -3.39. The van der Waals surface area contributed by atoms with Crippen molar-refractivity contribution in [2.45, 2.75) is 65.2 Å². The minimum Gasteiger partial charge on any atom is -0.463 e. The summed E-state index contributed by atoms with van der Waals surface area (Å²) >= 11 is 0. The highest BCUT2D eigenvalue weighted by atomic mass is 16.6. The molecular formula is C22H26N2O10. The molecule has 1 amide bonds. The summed E-state index contributed by atoms with van der Waals surface area (Å²) in [7, 11) is 0. The highest BCUT2D eigenvalue weighted by molar-refractivity contribution is 5.75. The smallest absolute Gasteiger partial charge is 0.422 e. The Hall–Kier alpha value is -3.67. The lowest BCUT2D eigenvalue weighted by Gasteiger charge is -2.45. The fourth-order valence-corrected chi connectivity index (χ4v) is 3.91. The van der Waals surface area contributed by atoms with Gasteiger partial charge in [0.2, 0.25) is 5.91 Å². The Labute approximate surface area is 194 Å². The lowest BCUT2D eigenvalue weighted by atomic mass is 9.94. The molecule has 0 spiro atoms. The maximum Gasteiger partial charge on any atom is 0.422 e. The summed E-state index contributed by atoms with van der Waals surface area (Å²) < 4.78 is 28.5. The molecule has 0 aliphatic carbocycles. The van der Waals surface area contributed by atoms with Crippen LogP contribution in [-0.2, 0) is 38.1 Å². The number of carbonyl (C=O) groups is 4. The maximum atomic E-state index is 12.9. The first-order valence-corrected chi connectivity index (χ1v) is 10.5. The number of rotatable bonds is 6. The van der Waals surface area contributed by atoms with Crippen LogP contribution in [0.25, 0.3) is 11.1 Å². The molecule has 12 nitrogen and oxygen atoms in total. The van der Waals surface area contributed by atoms with Gasteiger partial charge in [0.15, 0.2) is 24.0 Å². The fourth-order valence-electron chi connectivity index (χ4n) is 3.91. The van der Waals surface area contributed by atoms with Crippen molar-refractivity contribution >= 4 is 34.9 Å². The molecule has 2 heterocycles. The Morgan fingerprint density at radius 2 is 1.65 bits per heavy atom. The van der Waals surface area contributed by atoms with Crippen LogP contribution in [0.4, 0.5) is 0 Å². The Kier molecular flexibility index (Phi) is 7.40. The number of nitrogens with one attached hydrogen (secondary N) is 1. The molecule has 0 saturated carbocycles. The van der Waals surface area contributed by atoms with Crippen molar-refractivity contribution in [3.8, 4) is 0 Å². The topological polar surface area (TPSA) is 152 Å². The monoisotopic (exact) mass is 478 g/mol. The summed E-state index contributed by atoms with van der Waals surface area (Å²) in [6, 6.07) is 3.89. The van der Waals surface area contributed by atoms with Crippen LogP contribution in [0.1, 0.15) is 39.5 Å². The summed E-state index contributed by atoms with van der Waals surface area (Å²) in [6.07, 6.45) is -4.96. The average molecular weight is 478 g/mol. The Morgan fingerprint density at radius 3 is 2.24 bits per heavy atom. The Morgan fingerprint density at radius 1 is 1.00 bits per heavy atom. The number of ether oxygens (including phenoxy) is 4. The minimum atomic E-state index is -1.29. The van der Waals surface area contributed by atoms with Gasteiger partial charge in [-0.25, -0.2) is 9.36 Å². The van der Waals surface area contributed by atoms with E-state index in [2.05, 4.69) is 5.32 Å². The minimum absolute atomic E-state index is 0.267. The molecule has 1 fully saturated rings. The first-order chi connectivity index (χ1) is 16.0. The van der Waals surface area contributed by atoms with E-state index in [4.69, 9.17) is 23.4 Å². The number of aryl methyl sites for hydroxylation is 1. The standard InChI is InChI=1S/C22H26N2O10/c1-10-6-7-16-15(8-10)24(22(29)34-16)21-18(23-11(2)25)20(32-14(5)28)19(31-13(4)27)17(33-21)9-30-12(3)26/h6-8,17-21H,9H2,1-5H3,(H,23,25)/t17-,18-,19-,20+,21-/m1/s1. The van der Waals surface area contributed by atoms with Gasteiger partial charge in [0, 0.05) is 27.7 Å². The van der Waals surface area contributed by atoms with Gasteiger partial charge < -0.3 is 28.7 Å². The SMILES string of the molecule is CC(=O)N[C@@H]1[C@H](OC(C)=O)[C@H](OC(C)=O)[C@@H](COC(C)=O)O[C@H]1n1c(=O)oc2ccc(C)cc21. The van der Waals surface area contributed by atoms with Crippen LogP contribution in [0, 0.1) is 6.92 Å². The van der Waals surface area contributed by atoms with Gasteiger partial charge in [0.05, 0.1) is 5.52 Å². The van der Waals surface area contributed by atoms with E-state index in [0.717, 1.165) is 19.4 Å². The molecule has 1 aliphatic heterocycles. The van der Waals surface area contributed by atoms with E-state index < -0.39 is 60.2 Å². The molecule has 3 rings (SSSR count). The number of oxazole rings is 1. The van der Waals surface area contributed by atoms with E-state index in [1.807, 2.05) is 6.92 Å². The Balaban J connectivity index is 2.19. The van der Waals surface area contributed by atoms with E-state index in [1.165, 1.54) is 18.4 Å². The molecule has 184 valence electrons. The van der Waals surface area contributed by atoms with Gasteiger partial charge in [-0.2, -0.15) is 0 Å². The number of fused-ring (bicyclic) bond motifs is 1. The predicted octanol–water partition coefficient (Wildman–Crippen LogP) is 0.732. The number of aromatic nitrogens is 1. The first-order valence-electron chi connectivity index (χ1n) is 10.5. The molecule has 1 aliphatic rings. The number of hydrogen-bond acceptors (Lipinski definition) is 10. The van der Waals surface area contributed by atoms with E-state index in [0.29, 0.717) is 5.52 Å².